The molecule has 1 atom stereocenters. The van der Waals surface area contributed by atoms with Crippen LogP contribution < -0.4 is 5.32 Å². The lowest BCUT2D eigenvalue weighted by molar-refractivity contribution is -0.140. The van der Waals surface area contributed by atoms with Crippen molar-refractivity contribution in [3.8, 4) is 0 Å². The standard InChI is InChI=1S/C30H30ClN3O4/c1-3-38-30(37)28-20(2)34(27(35)18-26(28)22-11-13-24(31)14-12-22)19-21-7-9-23(10-8-21)29(36)33-17-15-25-6-4-5-16-32-25/h4-14,16,26H,3,15,17-19H2,1-2H3,(H,33,36). The zero-order valence-electron chi connectivity index (χ0n) is 21.4. The lowest BCUT2D eigenvalue weighted by atomic mass is 9.83. The van der Waals surface area contributed by atoms with Gasteiger partial charge < -0.3 is 15.0 Å². The number of carbonyl (C=O) groups excluding carboxylic acids is 3. The number of esters is 1. The van der Waals surface area contributed by atoms with Crippen molar-refractivity contribution >= 4 is 29.4 Å². The number of hydrogen-bond acceptors (Lipinski definition) is 5. The molecular formula is C30H30ClN3O4. The van der Waals surface area contributed by atoms with Gasteiger partial charge in [0.05, 0.1) is 18.7 Å². The second-order valence-electron chi connectivity index (χ2n) is 9.03. The molecule has 2 heterocycles. The quantitative estimate of drug-likeness (QED) is 0.390. The van der Waals surface area contributed by atoms with Gasteiger partial charge in [-0.3, -0.25) is 14.6 Å². The number of amides is 2. The summed E-state index contributed by atoms with van der Waals surface area (Å²) >= 11 is 6.04. The highest BCUT2D eigenvalue weighted by Crippen LogP contribution is 2.38. The van der Waals surface area contributed by atoms with E-state index >= 15 is 0 Å². The summed E-state index contributed by atoms with van der Waals surface area (Å²) in [6.45, 7) is 4.53. The summed E-state index contributed by atoms with van der Waals surface area (Å²) in [4.78, 5) is 44.6. The third-order valence-corrected chi connectivity index (χ3v) is 6.79. The molecule has 7 nitrogen and oxygen atoms in total. The SMILES string of the molecule is CCOC(=O)C1=C(C)N(Cc2ccc(C(=O)NCCc3ccccn3)cc2)C(=O)CC1c1ccc(Cl)cc1. The summed E-state index contributed by atoms with van der Waals surface area (Å²) in [7, 11) is 0. The molecule has 0 radical (unpaired) electrons. The molecule has 2 amide bonds. The fraction of sp³-hybridized carbons (Fsp3) is 0.267. The number of ether oxygens (including phenoxy) is 1. The number of nitrogens with zero attached hydrogens (tertiary/aromatic N) is 2. The Labute approximate surface area is 227 Å². The Balaban J connectivity index is 1.47. The van der Waals surface area contributed by atoms with Crippen LogP contribution >= 0.6 is 11.6 Å². The molecule has 1 aliphatic heterocycles. The highest BCUT2D eigenvalue weighted by atomic mass is 35.5. The number of benzene rings is 2. The highest BCUT2D eigenvalue weighted by Gasteiger charge is 2.36. The Hall–Kier alpha value is -3.97. The molecule has 0 aliphatic carbocycles. The largest absolute Gasteiger partial charge is 0.463 e. The van der Waals surface area contributed by atoms with Gasteiger partial charge in [-0.15, -0.1) is 0 Å². The van der Waals surface area contributed by atoms with Gasteiger partial charge in [-0.1, -0.05) is 41.9 Å². The molecule has 1 aliphatic rings. The van der Waals surface area contributed by atoms with Crippen molar-refractivity contribution in [2.24, 2.45) is 0 Å². The molecule has 0 saturated heterocycles. The van der Waals surface area contributed by atoms with Gasteiger partial charge in [-0.25, -0.2) is 4.79 Å². The van der Waals surface area contributed by atoms with Crippen LogP contribution in [0.25, 0.3) is 0 Å². The predicted octanol–water partition coefficient (Wildman–Crippen LogP) is 5.06. The minimum atomic E-state index is -0.430. The Morgan fingerprint density at radius 1 is 1.08 bits per heavy atom. The molecule has 3 aromatic rings. The van der Waals surface area contributed by atoms with E-state index in [0.29, 0.717) is 34.8 Å². The average molecular weight is 532 g/mol. The maximum Gasteiger partial charge on any atom is 0.336 e. The maximum absolute atomic E-state index is 13.2. The molecule has 196 valence electrons. The number of pyridine rings is 1. The van der Waals surface area contributed by atoms with Crippen LogP contribution in [0.4, 0.5) is 0 Å². The minimum Gasteiger partial charge on any atom is -0.463 e. The van der Waals surface area contributed by atoms with Crippen molar-refractivity contribution in [1.29, 1.82) is 0 Å². The van der Waals surface area contributed by atoms with E-state index < -0.39 is 11.9 Å². The van der Waals surface area contributed by atoms with Crippen LogP contribution in [0, 0.1) is 0 Å². The number of allylic oxidation sites excluding steroid dienone is 1. The van der Waals surface area contributed by atoms with E-state index in [-0.39, 0.29) is 31.4 Å². The van der Waals surface area contributed by atoms with Gasteiger partial charge in [-0.05, 0) is 61.4 Å². The summed E-state index contributed by atoms with van der Waals surface area (Å²) in [6, 6.07) is 20.0. The summed E-state index contributed by atoms with van der Waals surface area (Å²) in [5.74, 6) is -1.10. The van der Waals surface area contributed by atoms with Crippen LogP contribution in [0.1, 0.15) is 53.4 Å². The Morgan fingerprint density at radius 2 is 1.82 bits per heavy atom. The van der Waals surface area contributed by atoms with E-state index in [9.17, 15) is 14.4 Å². The number of carbonyl (C=O) groups is 3. The molecule has 0 spiro atoms. The van der Waals surface area contributed by atoms with E-state index in [0.717, 1.165) is 16.8 Å². The smallest absolute Gasteiger partial charge is 0.336 e. The van der Waals surface area contributed by atoms with Gasteiger partial charge in [0.2, 0.25) is 5.91 Å². The van der Waals surface area contributed by atoms with Crippen molar-refractivity contribution in [3.63, 3.8) is 0 Å². The molecule has 8 heteroatoms. The number of halogens is 1. The van der Waals surface area contributed by atoms with Crippen molar-refractivity contribution in [1.82, 2.24) is 15.2 Å². The normalized spacial score (nSPS) is 15.4. The first-order chi connectivity index (χ1) is 18.4. The van der Waals surface area contributed by atoms with E-state index in [1.807, 2.05) is 42.5 Å². The van der Waals surface area contributed by atoms with Gasteiger partial charge in [0, 0.05) is 53.5 Å². The molecule has 1 unspecified atom stereocenters. The van der Waals surface area contributed by atoms with Gasteiger partial charge in [0.15, 0.2) is 0 Å². The van der Waals surface area contributed by atoms with E-state index in [1.54, 1.807) is 49.2 Å². The van der Waals surface area contributed by atoms with E-state index in [4.69, 9.17) is 16.3 Å². The molecule has 0 saturated carbocycles. The molecule has 1 N–H and O–H groups in total. The third kappa shape index (κ3) is 6.47. The Morgan fingerprint density at radius 3 is 2.47 bits per heavy atom. The van der Waals surface area contributed by atoms with Crippen LogP contribution in [-0.4, -0.2) is 40.8 Å². The molecule has 0 fully saturated rings. The Bertz CT molecular complexity index is 1320. The molecule has 0 bridgehead atoms. The van der Waals surface area contributed by atoms with E-state index in [2.05, 4.69) is 10.3 Å². The second kappa shape index (κ2) is 12.5. The minimum absolute atomic E-state index is 0.0909. The monoisotopic (exact) mass is 531 g/mol. The van der Waals surface area contributed by atoms with Crippen LogP contribution in [-0.2, 0) is 27.3 Å². The third-order valence-electron chi connectivity index (χ3n) is 6.54. The highest BCUT2D eigenvalue weighted by molar-refractivity contribution is 6.30. The number of rotatable bonds is 9. The fourth-order valence-electron chi connectivity index (χ4n) is 4.55. The van der Waals surface area contributed by atoms with Gasteiger partial charge in [-0.2, -0.15) is 0 Å². The lowest BCUT2D eigenvalue weighted by Crippen LogP contribution is -2.38. The fourth-order valence-corrected chi connectivity index (χ4v) is 4.68. The van der Waals surface area contributed by atoms with E-state index in [1.165, 1.54) is 0 Å². The number of aromatic nitrogens is 1. The lowest BCUT2D eigenvalue weighted by Gasteiger charge is -2.34. The molecule has 4 rings (SSSR count). The second-order valence-corrected chi connectivity index (χ2v) is 9.47. The maximum atomic E-state index is 13.2. The van der Waals surface area contributed by atoms with Crippen molar-refractivity contribution < 1.29 is 19.1 Å². The molecule has 1 aromatic heterocycles. The Kier molecular flexibility index (Phi) is 8.92. The first-order valence-corrected chi connectivity index (χ1v) is 13.0. The zero-order chi connectivity index (χ0) is 27.1. The number of nitrogens with one attached hydrogen (secondary N) is 1. The zero-order valence-corrected chi connectivity index (χ0v) is 22.2. The summed E-state index contributed by atoms with van der Waals surface area (Å²) in [6.07, 6.45) is 2.52. The van der Waals surface area contributed by atoms with Crippen molar-refractivity contribution in [2.45, 2.75) is 39.2 Å². The topological polar surface area (TPSA) is 88.6 Å². The van der Waals surface area contributed by atoms with Crippen LogP contribution in [0.3, 0.4) is 0 Å². The molecule has 38 heavy (non-hydrogen) atoms. The van der Waals surface area contributed by atoms with Gasteiger partial charge in [0.1, 0.15) is 0 Å². The van der Waals surface area contributed by atoms with Crippen LogP contribution in [0.5, 0.6) is 0 Å². The summed E-state index contributed by atoms with van der Waals surface area (Å²) in [5, 5.41) is 3.49. The van der Waals surface area contributed by atoms with Crippen molar-refractivity contribution in [3.05, 3.63) is 112 Å². The van der Waals surface area contributed by atoms with Crippen LogP contribution in [0.2, 0.25) is 5.02 Å². The van der Waals surface area contributed by atoms with Crippen LogP contribution in [0.15, 0.2) is 84.2 Å². The molecule has 2 aromatic carbocycles. The first-order valence-electron chi connectivity index (χ1n) is 12.6. The van der Waals surface area contributed by atoms with Gasteiger partial charge in [0.25, 0.3) is 5.91 Å². The molecular weight excluding hydrogens is 502 g/mol. The van der Waals surface area contributed by atoms with Gasteiger partial charge >= 0.3 is 5.97 Å². The van der Waals surface area contributed by atoms with Crippen molar-refractivity contribution in [2.75, 3.05) is 13.2 Å². The first kappa shape index (κ1) is 27.1. The summed E-state index contributed by atoms with van der Waals surface area (Å²) in [5.41, 5.74) is 4.16. The predicted molar refractivity (Wildman–Crippen MR) is 145 cm³/mol. The average Bonchev–Trinajstić information content (AvgIpc) is 2.92. The number of hydrogen-bond donors (Lipinski definition) is 1. The summed E-state index contributed by atoms with van der Waals surface area (Å²) < 4.78 is 5.35.